The highest BCUT2D eigenvalue weighted by atomic mass is 35.5. The molecule has 0 radical (unpaired) electrons. The molecule has 0 fully saturated rings. The van der Waals surface area contributed by atoms with Crippen LogP contribution in [0.15, 0.2) is 106 Å². The lowest BCUT2D eigenvalue weighted by molar-refractivity contribution is -0.113. The SMILES string of the molecule is COc1cccc([C@@H]2C(C(=O)Nc3ccccc3)=C(C)N=c3s/c(=C\c4cc(C)n(-c5ccc(Cl)cc5)c4C)c(=O)n32)c1. The van der Waals surface area contributed by atoms with Gasteiger partial charge in [0, 0.05) is 27.8 Å². The van der Waals surface area contributed by atoms with Crippen molar-refractivity contribution >= 4 is 40.6 Å². The molecule has 0 aliphatic carbocycles. The van der Waals surface area contributed by atoms with E-state index >= 15 is 0 Å². The van der Waals surface area contributed by atoms with Crippen LogP contribution < -0.4 is 24.9 Å². The molecule has 2 aromatic heterocycles. The Morgan fingerprint density at radius 1 is 1.00 bits per heavy atom. The van der Waals surface area contributed by atoms with E-state index in [-0.39, 0.29) is 11.5 Å². The summed E-state index contributed by atoms with van der Waals surface area (Å²) >= 11 is 7.43. The number of carbonyl (C=O) groups is 1. The Morgan fingerprint density at radius 2 is 1.74 bits per heavy atom. The van der Waals surface area contributed by atoms with E-state index in [1.165, 1.54) is 11.3 Å². The van der Waals surface area contributed by atoms with Gasteiger partial charge in [-0.1, -0.05) is 53.3 Å². The van der Waals surface area contributed by atoms with Gasteiger partial charge in [0.2, 0.25) is 0 Å². The van der Waals surface area contributed by atoms with Crippen molar-refractivity contribution in [3.8, 4) is 11.4 Å². The predicted molar refractivity (Wildman–Crippen MR) is 172 cm³/mol. The lowest BCUT2D eigenvalue weighted by Crippen LogP contribution is -2.40. The molecule has 0 saturated heterocycles. The van der Waals surface area contributed by atoms with Crippen LogP contribution in [0, 0.1) is 13.8 Å². The Morgan fingerprint density at radius 3 is 2.47 bits per heavy atom. The van der Waals surface area contributed by atoms with Crippen LogP contribution in [-0.4, -0.2) is 22.2 Å². The molecule has 0 bridgehead atoms. The van der Waals surface area contributed by atoms with Crippen LogP contribution in [0.4, 0.5) is 5.69 Å². The fourth-order valence-corrected chi connectivity index (χ4v) is 6.68. The minimum atomic E-state index is -0.696. The van der Waals surface area contributed by atoms with E-state index in [0.29, 0.717) is 37.1 Å². The number of ether oxygens (including phenoxy) is 1. The van der Waals surface area contributed by atoms with Gasteiger partial charge in [-0.05, 0) is 92.6 Å². The standard InChI is InChI=1S/C34H29ClN4O3S/c1-20-17-24(22(3)38(20)27-15-13-25(35)14-16-27)19-29-33(41)39-31(23-9-8-12-28(18-23)42-4)30(21(2)36-34(39)43-29)32(40)37-26-10-6-5-7-11-26/h5-19,31H,1-4H3,(H,37,40)/b29-19-/t31-/m1/s1. The number of carbonyl (C=O) groups excluding carboxylic acids is 1. The minimum absolute atomic E-state index is 0.217. The predicted octanol–water partition coefficient (Wildman–Crippen LogP) is 5.94. The van der Waals surface area contributed by atoms with Crippen LogP contribution >= 0.6 is 22.9 Å². The number of hydrogen-bond acceptors (Lipinski definition) is 5. The highest BCUT2D eigenvalue weighted by molar-refractivity contribution is 7.07. The lowest BCUT2D eigenvalue weighted by Gasteiger charge is -2.25. The number of halogens is 1. The summed E-state index contributed by atoms with van der Waals surface area (Å²) in [6.45, 7) is 5.87. The molecule has 1 amide bonds. The van der Waals surface area contributed by atoms with E-state index in [0.717, 1.165) is 28.2 Å². The molecular formula is C34H29ClN4O3S. The van der Waals surface area contributed by atoms with Gasteiger partial charge in [-0.25, -0.2) is 4.99 Å². The molecule has 0 spiro atoms. The fourth-order valence-electron chi connectivity index (χ4n) is 5.52. The van der Waals surface area contributed by atoms with Crippen LogP contribution in [-0.2, 0) is 4.79 Å². The number of aryl methyl sites for hydroxylation is 1. The average molecular weight is 609 g/mol. The second-order valence-corrected chi connectivity index (χ2v) is 11.8. The third-order valence-corrected chi connectivity index (χ3v) is 8.78. The first-order valence-corrected chi connectivity index (χ1v) is 14.9. The van der Waals surface area contributed by atoms with Gasteiger partial charge < -0.3 is 14.6 Å². The van der Waals surface area contributed by atoms with Crippen LogP contribution in [0.25, 0.3) is 11.8 Å². The summed E-state index contributed by atoms with van der Waals surface area (Å²) < 4.78 is 9.78. The number of para-hydroxylation sites is 1. The number of benzene rings is 3. The van der Waals surface area contributed by atoms with E-state index in [4.69, 9.17) is 21.3 Å². The first kappa shape index (κ1) is 28.5. The fraction of sp³-hybridized carbons (Fsp3) is 0.147. The molecular weight excluding hydrogens is 580 g/mol. The molecule has 1 aliphatic heterocycles. The van der Waals surface area contributed by atoms with Crippen molar-refractivity contribution in [2.45, 2.75) is 26.8 Å². The number of allylic oxidation sites excluding steroid dienone is 1. The third-order valence-electron chi connectivity index (χ3n) is 7.55. The number of nitrogens with zero attached hydrogens (tertiary/aromatic N) is 3. The highest BCUT2D eigenvalue weighted by Crippen LogP contribution is 2.32. The van der Waals surface area contributed by atoms with Gasteiger partial charge in [0.1, 0.15) is 5.75 Å². The van der Waals surface area contributed by atoms with Crippen LogP contribution in [0.3, 0.4) is 0 Å². The van der Waals surface area contributed by atoms with Gasteiger partial charge in [0.05, 0.1) is 29.0 Å². The summed E-state index contributed by atoms with van der Waals surface area (Å²) in [6.07, 6.45) is 1.91. The quantitative estimate of drug-likeness (QED) is 0.259. The summed E-state index contributed by atoms with van der Waals surface area (Å²) in [6, 6.07) is 25.7. The number of methoxy groups -OCH3 is 1. The summed E-state index contributed by atoms with van der Waals surface area (Å²) in [5.41, 5.74) is 6.08. The number of thiazole rings is 1. The Bertz CT molecular complexity index is 2070. The molecule has 216 valence electrons. The van der Waals surface area contributed by atoms with Crippen molar-refractivity contribution in [2.24, 2.45) is 4.99 Å². The van der Waals surface area contributed by atoms with Crippen molar-refractivity contribution in [1.82, 2.24) is 9.13 Å². The molecule has 1 aliphatic rings. The number of anilines is 1. The Kier molecular flexibility index (Phi) is 7.64. The zero-order chi connectivity index (χ0) is 30.2. The van der Waals surface area contributed by atoms with Crippen LogP contribution in [0.5, 0.6) is 5.75 Å². The maximum Gasteiger partial charge on any atom is 0.271 e. The number of aromatic nitrogens is 2. The van der Waals surface area contributed by atoms with Crippen LogP contribution in [0.2, 0.25) is 5.02 Å². The van der Waals surface area contributed by atoms with Crippen LogP contribution in [0.1, 0.15) is 35.5 Å². The minimum Gasteiger partial charge on any atom is -0.497 e. The lowest BCUT2D eigenvalue weighted by atomic mass is 9.95. The van der Waals surface area contributed by atoms with E-state index in [2.05, 4.69) is 16.0 Å². The Labute approximate surface area is 257 Å². The second kappa shape index (κ2) is 11.6. The van der Waals surface area contributed by atoms with Gasteiger partial charge in [0.15, 0.2) is 4.80 Å². The van der Waals surface area contributed by atoms with Crippen molar-refractivity contribution in [3.05, 3.63) is 143 Å². The van der Waals surface area contributed by atoms with Gasteiger partial charge >= 0.3 is 0 Å². The molecule has 7 nitrogen and oxygen atoms in total. The molecule has 6 rings (SSSR count). The van der Waals surface area contributed by atoms with Crippen molar-refractivity contribution in [1.29, 1.82) is 0 Å². The molecule has 3 aromatic carbocycles. The highest BCUT2D eigenvalue weighted by Gasteiger charge is 2.33. The average Bonchev–Trinajstić information content (AvgIpc) is 3.46. The van der Waals surface area contributed by atoms with Gasteiger partial charge in [-0.2, -0.15) is 0 Å². The zero-order valence-corrected chi connectivity index (χ0v) is 25.7. The van der Waals surface area contributed by atoms with Gasteiger partial charge in [-0.3, -0.25) is 14.2 Å². The number of fused-ring (bicyclic) bond motifs is 1. The Balaban J connectivity index is 1.50. The normalized spacial score (nSPS) is 14.8. The molecule has 3 heterocycles. The molecule has 1 atom stereocenters. The number of nitrogens with one attached hydrogen (secondary N) is 1. The van der Waals surface area contributed by atoms with Crippen molar-refractivity contribution in [3.63, 3.8) is 0 Å². The molecule has 9 heteroatoms. The molecule has 5 aromatic rings. The number of amides is 1. The first-order chi connectivity index (χ1) is 20.7. The summed E-state index contributed by atoms with van der Waals surface area (Å²) in [7, 11) is 1.59. The maximum atomic E-state index is 14.2. The maximum absolute atomic E-state index is 14.2. The molecule has 0 saturated carbocycles. The number of hydrogen-bond donors (Lipinski definition) is 1. The Hall–Kier alpha value is -4.66. The van der Waals surface area contributed by atoms with Crippen molar-refractivity contribution in [2.75, 3.05) is 12.4 Å². The smallest absolute Gasteiger partial charge is 0.271 e. The molecule has 0 unspecified atom stereocenters. The largest absolute Gasteiger partial charge is 0.497 e. The second-order valence-electron chi connectivity index (χ2n) is 10.3. The first-order valence-electron chi connectivity index (χ1n) is 13.7. The third kappa shape index (κ3) is 5.35. The number of rotatable bonds is 6. The van der Waals surface area contributed by atoms with E-state index in [1.807, 2.05) is 106 Å². The van der Waals surface area contributed by atoms with E-state index in [1.54, 1.807) is 11.7 Å². The molecule has 1 N–H and O–H groups in total. The monoisotopic (exact) mass is 608 g/mol. The topological polar surface area (TPSA) is 77.6 Å². The van der Waals surface area contributed by atoms with Crippen molar-refractivity contribution < 1.29 is 9.53 Å². The summed E-state index contributed by atoms with van der Waals surface area (Å²) in [4.78, 5) is 33.3. The van der Waals surface area contributed by atoms with E-state index in [9.17, 15) is 9.59 Å². The van der Waals surface area contributed by atoms with Gasteiger partial charge in [0.25, 0.3) is 11.5 Å². The summed E-state index contributed by atoms with van der Waals surface area (Å²) in [5.74, 6) is 0.313. The molecule has 43 heavy (non-hydrogen) atoms. The van der Waals surface area contributed by atoms with E-state index < -0.39 is 6.04 Å². The zero-order valence-electron chi connectivity index (χ0n) is 24.1. The summed E-state index contributed by atoms with van der Waals surface area (Å²) in [5, 5.41) is 3.66. The van der Waals surface area contributed by atoms with Gasteiger partial charge in [-0.15, -0.1) is 0 Å².